The van der Waals surface area contributed by atoms with E-state index in [2.05, 4.69) is 78.1 Å². The molecule has 162 valence electrons. The Morgan fingerprint density at radius 2 is 1.46 bits per heavy atom. The minimum absolute atomic E-state index is 0.535. The van der Waals surface area contributed by atoms with Crippen LogP contribution in [0, 0.1) is 0 Å². The number of allylic oxidation sites excluding steroid dienone is 7. The third kappa shape index (κ3) is 22.8. The molecule has 0 heterocycles. The molecule has 0 aliphatic carbocycles. The summed E-state index contributed by atoms with van der Waals surface area (Å²) in [4.78, 5) is 8.81. The summed E-state index contributed by atoms with van der Waals surface area (Å²) in [7, 11) is 0. The van der Waals surface area contributed by atoms with Crippen LogP contribution in [0.2, 0.25) is 0 Å². The molecular weight excluding hydrogens is 362 g/mol. The van der Waals surface area contributed by atoms with Gasteiger partial charge in [0.1, 0.15) is 6.29 Å². The number of thioether (sulfide) groups is 1. The van der Waals surface area contributed by atoms with E-state index in [1.165, 1.54) is 55.0 Å². The molecule has 3 heteroatoms. The normalized spacial score (nSPS) is 13.4. The zero-order valence-electron chi connectivity index (χ0n) is 19.7. The number of carbonyl (C=O) groups is 1. The third-order valence-corrected chi connectivity index (χ3v) is 5.16. The number of nitrogens with one attached hydrogen (secondary N) is 1. The Morgan fingerprint density at radius 3 is 2.00 bits per heavy atom. The maximum absolute atomic E-state index is 8.81. The predicted molar refractivity (Wildman–Crippen MR) is 131 cm³/mol. The van der Waals surface area contributed by atoms with Crippen molar-refractivity contribution in [1.82, 2.24) is 5.32 Å². The van der Waals surface area contributed by atoms with Gasteiger partial charge in [0.15, 0.2) is 0 Å². The Balaban J connectivity index is 0. The molecular formula is C25H45NOS. The molecule has 0 aromatic heterocycles. The Morgan fingerprint density at radius 1 is 0.929 bits per heavy atom. The lowest BCUT2D eigenvalue weighted by atomic mass is 10.1. The molecule has 0 fully saturated rings. The highest BCUT2D eigenvalue weighted by Gasteiger charge is 2.00. The van der Waals surface area contributed by atoms with E-state index in [1.807, 2.05) is 11.8 Å². The van der Waals surface area contributed by atoms with Crippen molar-refractivity contribution in [2.24, 2.45) is 0 Å². The van der Waals surface area contributed by atoms with E-state index in [9.17, 15) is 0 Å². The standard InChI is InChI=1S/C23H41NS.C2H4O/c1-8-11-22(6)24-23(7)18-25-17-16-21(5)15-10-14-20(4)13-9-12-19(2)3;1-2-3/h11-12,14,16,23-24H,8-10,13,15,17-18H2,1-7H3;2H,1H3/b20-14+,21-16+,22-11+;. The molecule has 28 heavy (non-hydrogen) atoms. The molecule has 0 aromatic rings. The predicted octanol–water partition coefficient (Wildman–Crippen LogP) is 7.64. The highest BCUT2D eigenvalue weighted by Crippen LogP contribution is 2.13. The fraction of sp³-hybridized carbons (Fsp3) is 0.640. The van der Waals surface area contributed by atoms with Gasteiger partial charge in [-0.3, -0.25) is 0 Å². The van der Waals surface area contributed by atoms with Gasteiger partial charge in [0.05, 0.1) is 0 Å². The zero-order valence-corrected chi connectivity index (χ0v) is 20.5. The summed E-state index contributed by atoms with van der Waals surface area (Å²) >= 11 is 2.02. The first-order valence-electron chi connectivity index (χ1n) is 10.6. The van der Waals surface area contributed by atoms with Crippen molar-refractivity contribution in [3.63, 3.8) is 0 Å². The van der Waals surface area contributed by atoms with Gasteiger partial charge in [-0.2, -0.15) is 11.8 Å². The van der Waals surface area contributed by atoms with Gasteiger partial charge in [0, 0.05) is 23.2 Å². The van der Waals surface area contributed by atoms with Crippen LogP contribution in [0.15, 0.2) is 46.7 Å². The summed E-state index contributed by atoms with van der Waals surface area (Å²) in [5.74, 6) is 2.28. The highest BCUT2D eigenvalue weighted by molar-refractivity contribution is 7.99. The Kier molecular flexibility index (Phi) is 21.2. The average Bonchev–Trinajstić information content (AvgIpc) is 2.59. The summed E-state index contributed by atoms with van der Waals surface area (Å²) < 4.78 is 0. The Hall–Kier alpha value is -1.22. The van der Waals surface area contributed by atoms with E-state index in [1.54, 1.807) is 0 Å². The monoisotopic (exact) mass is 407 g/mol. The summed E-state index contributed by atoms with van der Waals surface area (Å²) in [6, 6.07) is 0.535. The van der Waals surface area contributed by atoms with Crippen molar-refractivity contribution >= 4 is 18.0 Å². The SMILES string of the molecule is CC/C=C(\C)NC(C)CSC/C=C(\C)CC/C=C(\C)CCC=C(C)C.CC=O. The second kappa shape index (κ2) is 20.5. The Bertz CT molecular complexity index is 511. The highest BCUT2D eigenvalue weighted by atomic mass is 32.2. The molecule has 1 N–H and O–H groups in total. The van der Waals surface area contributed by atoms with E-state index in [4.69, 9.17) is 4.79 Å². The van der Waals surface area contributed by atoms with Gasteiger partial charge in [-0.1, -0.05) is 47.9 Å². The van der Waals surface area contributed by atoms with E-state index < -0.39 is 0 Å². The van der Waals surface area contributed by atoms with Gasteiger partial charge in [0.25, 0.3) is 0 Å². The van der Waals surface area contributed by atoms with Gasteiger partial charge < -0.3 is 10.1 Å². The van der Waals surface area contributed by atoms with Crippen molar-refractivity contribution in [2.75, 3.05) is 11.5 Å². The summed E-state index contributed by atoms with van der Waals surface area (Å²) in [5.41, 5.74) is 5.76. The van der Waals surface area contributed by atoms with Crippen LogP contribution in [0.3, 0.4) is 0 Å². The molecule has 0 aliphatic rings. The van der Waals surface area contributed by atoms with Crippen molar-refractivity contribution in [3.8, 4) is 0 Å². The largest absolute Gasteiger partial charge is 0.386 e. The van der Waals surface area contributed by atoms with Crippen LogP contribution in [0.5, 0.6) is 0 Å². The number of aldehydes is 1. The van der Waals surface area contributed by atoms with Crippen LogP contribution < -0.4 is 5.32 Å². The third-order valence-electron chi connectivity index (χ3n) is 4.02. The molecule has 0 saturated heterocycles. The Labute approximate surface area is 180 Å². The molecule has 2 nitrogen and oxygen atoms in total. The molecule has 0 bridgehead atoms. The van der Waals surface area contributed by atoms with Gasteiger partial charge >= 0.3 is 0 Å². The van der Waals surface area contributed by atoms with Crippen LogP contribution in [-0.2, 0) is 4.79 Å². The van der Waals surface area contributed by atoms with Crippen LogP contribution in [0.4, 0.5) is 0 Å². The van der Waals surface area contributed by atoms with Crippen molar-refractivity contribution in [1.29, 1.82) is 0 Å². The van der Waals surface area contributed by atoms with Gasteiger partial charge in [-0.25, -0.2) is 0 Å². The maximum atomic E-state index is 8.81. The van der Waals surface area contributed by atoms with Gasteiger partial charge in [-0.05, 0) is 80.6 Å². The minimum atomic E-state index is 0.535. The molecule has 0 saturated carbocycles. The summed E-state index contributed by atoms with van der Waals surface area (Å²) in [6.07, 6.45) is 16.0. The summed E-state index contributed by atoms with van der Waals surface area (Å²) in [5, 5.41) is 3.55. The number of rotatable bonds is 13. The molecule has 0 aliphatic heterocycles. The number of hydrogen-bond acceptors (Lipinski definition) is 3. The van der Waals surface area contributed by atoms with Crippen LogP contribution in [-0.4, -0.2) is 23.8 Å². The van der Waals surface area contributed by atoms with Gasteiger partial charge in [-0.15, -0.1) is 0 Å². The lowest BCUT2D eigenvalue weighted by Crippen LogP contribution is -2.26. The average molecular weight is 408 g/mol. The molecule has 0 radical (unpaired) electrons. The molecule has 0 aromatic carbocycles. The summed E-state index contributed by atoms with van der Waals surface area (Å²) in [6.45, 7) is 16.9. The van der Waals surface area contributed by atoms with E-state index in [0.29, 0.717) is 6.04 Å². The van der Waals surface area contributed by atoms with Gasteiger partial charge in [0.2, 0.25) is 0 Å². The first kappa shape index (κ1) is 29.0. The van der Waals surface area contributed by atoms with Crippen LogP contribution in [0.25, 0.3) is 0 Å². The molecule has 1 atom stereocenters. The van der Waals surface area contributed by atoms with E-state index in [0.717, 1.165) is 24.2 Å². The molecule has 0 spiro atoms. The van der Waals surface area contributed by atoms with E-state index in [-0.39, 0.29) is 0 Å². The van der Waals surface area contributed by atoms with Crippen LogP contribution in [0.1, 0.15) is 87.5 Å². The quantitative estimate of drug-likeness (QED) is 0.193. The molecule has 0 amide bonds. The topological polar surface area (TPSA) is 29.1 Å². The fourth-order valence-electron chi connectivity index (χ4n) is 2.58. The second-order valence-electron chi connectivity index (χ2n) is 7.57. The first-order chi connectivity index (χ1) is 13.3. The van der Waals surface area contributed by atoms with Crippen molar-refractivity contribution < 1.29 is 4.79 Å². The zero-order chi connectivity index (χ0) is 21.8. The van der Waals surface area contributed by atoms with E-state index >= 15 is 0 Å². The number of carbonyl (C=O) groups excluding carboxylic acids is 1. The lowest BCUT2D eigenvalue weighted by Gasteiger charge is -2.14. The lowest BCUT2D eigenvalue weighted by molar-refractivity contribution is -0.106. The van der Waals surface area contributed by atoms with Crippen LogP contribution >= 0.6 is 11.8 Å². The first-order valence-corrected chi connectivity index (χ1v) is 11.8. The molecule has 1 unspecified atom stereocenters. The fourth-order valence-corrected chi connectivity index (χ4v) is 3.56. The van der Waals surface area contributed by atoms with Crippen molar-refractivity contribution in [3.05, 3.63) is 46.7 Å². The van der Waals surface area contributed by atoms with Crippen molar-refractivity contribution in [2.45, 2.75) is 93.5 Å². The maximum Gasteiger partial charge on any atom is 0.116 e. The smallest absolute Gasteiger partial charge is 0.116 e. The second-order valence-corrected chi connectivity index (χ2v) is 8.65. The number of hydrogen-bond donors (Lipinski definition) is 1. The molecule has 0 rings (SSSR count). The minimum Gasteiger partial charge on any atom is -0.386 e.